The summed E-state index contributed by atoms with van der Waals surface area (Å²) >= 11 is 6.05. The van der Waals surface area contributed by atoms with Gasteiger partial charge in [0.2, 0.25) is 0 Å². The van der Waals surface area contributed by atoms with Crippen LogP contribution in [-0.2, 0) is 4.79 Å². The molecule has 1 aromatic rings. The second-order valence-electron chi connectivity index (χ2n) is 4.35. The van der Waals surface area contributed by atoms with Crippen LogP contribution in [0.4, 0.5) is 5.69 Å². The van der Waals surface area contributed by atoms with E-state index in [2.05, 4.69) is 4.90 Å². The number of aliphatic carboxylic acids is 1. The highest BCUT2D eigenvalue weighted by Gasteiger charge is 2.17. The number of carboxylic acid groups (broad SMARTS) is 1. The van der Waals surface area contributed by atoms with E-state index in [4.69, 9.17) is 16.7 Å². The fourth-order valence-corrected chi connectivity index (χ4v) is 2.41. The number of carbonyl (C=O) groups is 2. The minimum absolute atomic E-state index is 0.280. The van der Waals surface area contributed by atoms with Gasteiger partial charge < -0.3 is 10.0 Å². The number of halogens is 1. The highest BCUT2D eigenvalue weighted by Crippen LogP contribution is 2.27. The highest BCUT2D eigenvalue weighted by molar-refractivity contribution is 6.34. The maximum atomic E-state index is 11.6. The average molecular weight is 268 g/mol. The van der Waals surface area contributed by atoms with Gasteiger partial charge in [0.05, 0.1) is 5.02 Å². The number of nitrogens with zero attached hydrogens (tertiary/aromatic N) is 1. The second kappa shape index (κ2) is 5.40. The van der Waals surface area contributed by atoms with Crippen molar-refractivity contribution in [3.8, 4) is 0 Å². The van der Waals surface area contributed by atoms with Crippen molar-refractivity contribution in [1.82, 2.24) is 0 Å². The van der Waals surface area contributed by atoms with Crippen LogP contribution in [0.15, 0.2) is 18.2 Å². The molecule has 0 atom stereocenters. The number of hydrogen-bond donors (Lipinski definition) is 1. The molecule has 1 aromatic carbocycles. The van der Waals surface area contributed by atoms with Crippen LogP contribution in [0.2, 0.25) is 5.02 Å². The summed E-state index contributed by atoms with van der Waals surface area (Å²) in [5, 5.41) is 8.92. The Kier molecular flexibility index (Phi) is 3.87. The number of hydrogen-bond acceptors (Lipinski definition) is 3. The Balaban J connectivity index is 2.19. The molecule has 1 N–H and O–H groups in total. The highest BCUT2D eigenvalue weighted by atomic mass is 35.5. The topological polar surface area (TPSA) is 57.6 Å². The largest absolute Gasteiger partial charge is 0.481 e. The number of ketones is 1. The molecule has 1 aliphatic rings. The van der Waals surface area contributed by atoms with Crippen molar-refractivity contribution in [2.45, 2.75) is 19.3 Å². The lowest BCUT2D eigenvalue weighted by molar-refractivity contribution is -0.135. The van der Waals surface area contributed by atoms with Crippen molar-refractivity contribution in [3.05, 3.63) is 28.8 Å². The molecule has 5 heteroatoms. The minimum atomic E-state index is -1.14. The zero-order chi connectivity index (χ0) is 13.1. The van der Waals surface area contributed by atoms with Gasteiger partial charge in [-0.15, -0.1) is 0 Å². The predicted octanol–water partition coefficient (Wildman–Crippen LogP) is 2.60. The van der Waals surface area contributed by atoms with Crippen molar-refractivity contribution in [2.24, 2.45) is 0 Å². The van der Waals surface area contributed by atoms with E-state index in [1.54, 1.807) is 12.1 Å². The van der Waals surface area contributed by atoms with E-state index in [9.17, 15) is 9.59 Å². The summed E-state index contributed by atoms with van der Waals surface area (Å²) in [7, 11) is 0. The minimum Gasteiger partial charge on any atom is -0.481 e. The van der Waals surface area contributed by atoms with Gasteiger partial charge in [0, 0.05) is 24.3 Å². The molecule has 4 nitrogen and oxygen atoms in total. The summed E-state index contributed by atoms with van der Waals surface area (Å²) in [5.74, 6) is -1.60. The van der Waals surface area contributed by atoms with Crippen molar-refractivity contribution in [3.63, 3.8) is 0 Å². The van der Waals surface area contributed by atoms with E-state index in [0.29, 0.717) is 5.02 Å². The van der Waals surface area contributed by atoms with Gasteiger partial charge in [-0.25, -0.2) is 0 Å². The summed E-state index contributed by atoms with van der Waals surface area (Å²) in [6.45, 7) is 2.00. The standard InChI is InChI=1S/C13H14ClNO3/c14-11-7-9(15-5-1-2-6-15)3-4-10(11)12(16)8-13(17)18/h3-4,7H,1-2,5-6,8H2,(H,17,18). The van der Waals surface area contributed by atoms with Crippen LogP contribution in [0.25, 0.3) is 0 Å². The normalized spacial score (nSPS) is 14.8. The number of Topliss-reactive ketones (excluding diaryl/α,β-unsaturated/α-hetero) is 1. The van der Waals surface area contributed by atoms with E-state index >= 15 is 0 Å². The fraction of sp³-hybridized carbons (Fsp3) is 0.385. The SMILES string of the molecule is O=C(O)CC(=O)c1ccc(N2CCCC2)cc1Cl. The van der Waals surface area contributed by atoms with Gasteiger partial charge in [-0.1, -0.05) is 11.6 Å². The Labute approximate surface area is 110 Å². The van der Waals surface area contributed by atoms with Gasteiger partial charge in [-0.05, 0) is 31.0 Å². The van der Waals surface area contributed by atoms with Crippen molar-refractivity contribution < 1.29 is 14.7 Å². The quantitative estimate of drug-likeness (QED) is 0.673. The van der Waals surface area contributed by atoms with Crippen LogP contribution < -0.4 is 4.90 Å². The Morgan fingerprint density at radius 3 is 2.50 bits per heavy atom. The molecule has 0 bridgehead atoms. The van der Waals surface area contributed by atoms with Crippen LogP contribution in [0.5, 0.6) is 0 Å². The number of benzene rings is 1. The van der Waals surface area contributed by atoms with Gasteiger partial charge in [0.25, 0.3) is 0 Å². The first-order chi connectivity index (χ1) is 8.58. The van der Waals surface area contributed by atoms with E-state index in [0.717, 1.165) is 31.6 Å². The van der Waals surface area contributed by atoms with Crippen molar-refractivity contribution >= 4 is 29.0 Å². The monoisotopic (exact) mass is 267 g/mol. The Morgan fingerprint density at radius 2 is 1.94 bits per heavy atom. The Morgan fingerprint density at radius 1 is 1.28 bits per heavy atom. The molecule has 0 aliphatic carbocycles. The van der Waals surface area contributed by atoms with Gasteiger partial charge in [-0.2, -0.15) is 0 Å². The second-order valence-corrected chi connectivity index (χ2v) is 4.76. The third kappa shape index (κ3) is 2.82. The van der Waals surface area contributed by atoms with Gasteiger partial charge in [0.15, 0.2) is 5.78 Å². The number of anilines is 1. The third-order valence-electron chi connectivity index (χ3n) is 3.04. The van der Waals surface area contributed by atoms with E-state index in [1.807, 2.05) is 6.07 Å². The van der Waals surface area contributed by atoms with E-state index in [-0.39, 0.29) is 5.56 Å². The average Bonchev–Trinajstić information content (AvgIpc) is 2.80. The lowest BCUT2D eigenvalue weighted by atomic mass is 10.1. The number of carbonyl (C=O) groups excluding carboxylic acids is 1. The Hall–Kier alpha value is -1.55. The molecule has 1 saturated heterocycles. The number of carboxylic acids is 1. The van der Waals surface area contributed by atoms with Crippen LogP contribution in [0.3, 0.4) is 0 Å². The molecule has 1 aliphatic heterocycles. The molecule has 0 unspecified atom stereocenters. The lowest BCUT2D eigenvalue weighted by Crippen LogP contribution is -2.17. The zero-order valence-electron chi connectivity index (χ0n) is 9.86. The maximum Gasteiger partial charge on any atom is 0.311 e. The Bertz CT molecular complexity index is 481. The van der Waals surface area contributed by atoms with Gasteiger partial charge in [-0.3, -0.25) is 9.59 Å². The fourth-order valence-electron chi connectivity index (χ4n) is 2.13. The van der Waals surface area contributed by atoms with Crippen LogP contribution in [-0.4, -0.2) is 29.9 Å². The van der Waals surface area contributed by atoms with Crippen molar-refractivity contribution in [2.75, 3.05) is 18.0 Å². The molecule has 0 saturated carbocycles. The van der Waals surface area contributed by atoms with Crippen LogP contribution in [0.1, 0.15) is 29.6 Å². The van der Waals surface area contributed by atoms with Crippen molar-refractivity contribution in [1.29, 1.82) is 0 Å². The van der Waals surface area contributed by atoms with Gasteiger partial charge in [0.1, 0.15) is 6.42 Å². The van der Waals surface area contributed by atoms with Crippen LogP contribution in [0, 0.1) is 0 Å². The first-order valence-electron chi connectivity index (χ1n) is 5.87. The number of rotatable bonds is 4. The molecule has 1 heterocycles. The van der Waals surface area contributed by atoms with Gasteiger partial charge >= 0.3 is 5.97 Å². The molecule has 0 aromatic heterocycles. The smallest absolute Gasteiger partial charge is 0.311 e. The maximum absolute atomic E-state index is 11.6. The first-order valence-corrected chi connectivity index (χ1v) is 6.25. The molecule has 18 heavy (non-hydrogen) atoms. The predicted molar refractivity (Wildman–Crippen MR) is 69.5 cm³/mol. The summed E-state index contributed by atoms with van der Waals surface area (Å²) < 4.78 is 0. The summed E-state index contributed by atoms with van der Waals surface area (Å²) in [6, 6.07) is 5.18. The summed E-state index contributed by atoms with van der Waals surface area (Å²) in [5.41, 5.74) is 1.27. The summed E-state index contributed by atoms with van der Waals surface area (Å²) in [4.78, 5) is 24.3. The molecular weight excluding hydrogens is 254 g/mol. The molecule has 0 radical (unpaired) electrons. The molecular formula is C13H14ClNO3. The molecule has 96 valence electrons. The van der Waals surface area contributed by atoms with Crippen LogP contribution >= 0.6 is 11.6 Å². The summed E-state index contributed by atoms with van der Waals surface area (Å²) in [6.07, 6.45) is 1.80. The zero-order valence-corrected chi connectivity index (χ0v) is 10.6. The third-order valence-corrected chi connectivity index (χ3v) is 3.35. The van der Waals surface area contributed by atoms with E-state index in [1.165, 1.54) is 0 Å². The molecule has 1 fully saturated rings. The first kappa shape index (κ1) is 12.9. The molecule has 0 spiro atoms. The molecule has 0 amide bonds. The lowest BCUT2D eigenvalue weighted by Gasteiger charge is -2.18. The molecule has 2 rings (SSSR count). The van der Waals surface area contributed by atoms with E-state index < -0.39 is 18.2 Å².